The molecule has 5 heteroatoms. The van der Waals surface area contributed by atoms with Crippen molar-refractivity contribution in [3.63, 3.8) is 0 Å². The molecule has 0 aliphatic carbocycles. The van der Waals surface area contributed by atoms with Gasteiger partial charge in [-0.15, -0.1) is 0 Å². The minimum atomic E-state index is -0.297. The predicted molar refractivity (Wildman–Crippen MR) is 85.6 cm³/mol. The molecule has 0 fully saturated rings. The quantitative estimate of drug-likeness (QED) is 0.572. The van der Waals surface area contributed by atoms with E-state index < -0.39 is 0 Å². The highest BCUT2D eigenvalue weighted by atomic mass is 79.9. The van der Waals surface area contributed by atoms with Gasteiger partial charge in [-0.25, -0.2) is 14.4 Å². The number of hydrogen-bond donors (Lipinski definition) is 0. The highest BCUT2D eigenvalue weighted by Crippen LogP contribution is 2.25. The number of nitrogens with zero attached hydrogens (tertiary/aromatic N) is 2. The summed E-state index contributed by atoms with van der Waals surface area (Å²) in [6.45, 7) is 0. The Morgan fingerprint density at radius 3 is 2.14 bits per heavy atom. The topological polar surface area (TPSA) is 25.8 Å². The SMILES string of the molecule is Fc1ccc(-c2nc(Cl)cc(-c3ccc(Br)cc3)n2)cc1. The summed E-state index contributed by atoms with van der Waals surface area (Å²) in [6.07, 6.45) is 0. The Bertz CT molecular complexity index is 710. The van der Waals surface area contributed by atoms with Crippen LogP contribution in [0.4, 0.5) is 4.39 Å². The first-order valence-electron chi connectivity index (χ1n) is 6.18. The van der Waals surface area contributed by atoms with Gasteiger partial charge in [0.15, 0.2) is 5.82 Å². The lowest BCUT2D eigenvalue weighted by Crippen LogP contribution is -1.93. The Hall–Kier alpha value is -1.78. The molecule has 0 radical (unpaired) electrons. The Labute approximate surface area is 134 Å². The van der Waals surface area contributed by atoms with Crippen LogP contribution in [0.25, 0.3) is 22.6 Å². The molecule has 0 saturated heterocycles. The Kier molecular flexibility index (Phi) is 3.99. The van der Waals surface area contributed by atoms with E-state index in [9.17, 15) is 4.39 Å². The Morgan fingerprint density at radius 2 is 1.48 bits per heavy atom. The molecule has 1 aromatic heterocycles. The van der Waals surface area contributed by atoms with Gasteiger partial charge in [0.2, 0.25) is 0 Å². The van der Waals surface area contributed by atoms with Gasteiger partial charge in [-0.3, -0.25) is 0 Å². The summed E-state index contributed by atoms with van der Waals surface area (Å²) < 4.78 is 14.0. The molecular weight excluding hydrogens is 355 g/mol. The van der Waals surface area contributed by atoms with Gasteiger partial charge in [-0.1, -0.05) is 39.7 Å². The first-order valence-corrected chi connectivity index (χ1v) is 7.35. The molecule has 0 unspecified atom stereocenters. The third-order valence-corrected chi connectivity index (χ3v) is 3.66. The maximum Gasteiger partial charge on any atom is 0.161 e. The van der Waals surface area contributed by atoms with Crippen LogP contribution < -0.4 is 0 Å². The second-order valence-corrected chi connectivity index (χ2v) is 5.72. The molecule has 0 spiro atoms. The van der Waals surface area contributed by atoms with Crippen LogP contribution >= 0.6 is 27.5 Å². The van der Waals surface area contributed by atoms with E-state index in [-0.39, 0.29) is 5.82 Å². The molecule has 0 bridgehead atoms. The highest BCUT2D eigenvalue weighted by molar-refractivity contribution is 9.10. The predicted octanol–water partition coefficient (Wildman–Crippen LogP) is 5.37. The summed E-state index contributed by atoms with van der Waals surface area (Å²) in [6, 6.07) is 15.5. The van der Waals surface area contributed by atoms with Crippen molar-refractivity contribution in [2.75, 3.05) is 0 Å². The molecule has 0 N–H and O–H groups in total. The molecule has 21 heavy (non-hydrogen) atoms. The van der Waals surface area contributed by atoms with Crippen LogP contribution in [0, 0.1) is 5.82 Å². The van der Waals surface area contributed by atoms with Gasteiger partial charge in [0.1, 0.15) is 11.0 Å². The van der Waals surface area contributed by atoms with E-state index >= 15 is 0 Å². The van der Waals surface area contributed by atoms with Crippen molar-refractivity contribution in [2.24, 2.45) is 0 Å². The van der Waals surface area contributed by atoms with E-state index in [2.05, 4.69) is 25.9 Å². The maximum atomic E-state index is 13.0. The molecule has 0 amide bonds. The van der Waals surface area contributed by atoms with Crippen molar-refractivity contribution >= 4 is 27.5 Å². The molecule has 3 aromatic rings. The van der Waals surface area contributed by atoms with Crippen LogP contribution in [0.3, 0.4) is 0 Å². The average molecular weight is 364 g/mol. The monoisotopic (exact) mass is 362 g/mol. The fourth-order valence-corrected chi connectivity index (χ4v) is 2.36. The maximum absolute atomic E-state index is 13.0. The minimum Gasteiger partial charge on any atom is -0.228 e. The van der Waals surface area contributed by atoms with Crippen molar-refractivity contribution in [1.82, 2.24) is 9.97 Å². The standard InChI is InChI=1S/C16H9BrClFN2/c17-12-5-1-10(2-6-12)14-9-15(18)21-16(20-14)11-3-7-13(19)8-4-11/h1-9H. The van der Waals surface area contributed by atoms with Crippen LogP contribution in [0.15, 0.2) is 59.1 Å². The molecule has 1 heterocycles. The van der Waals surface area contributed by atoms with E-state index in [1.807, 2.05) is 24.3 Å². The van der Waals surface area contributed by atoms with E-state index in [1.165, 1.54) is 12.1 Å². The zero-order valence-corrected chi connectivity index (χ0v) is 13.1. The summed E-state index contributed by atoms with van der Waals surface area (Å²) >= 11 is 9.47. The molecule has 3 rings (SSSR count). The van der Waals surface area contributed by atoms with E-state index in [0.29, 0.717) is 11.0 Å². The minimum absolute atomic E-state index is 0.297. The van der Waals surface area contributed by atoms with Gasteiger partial charge in [0.05, 0.1) is 5.69 Å². The third-order valence-electron chi connectivity index (χ3n) is 2.94. The zero-order valence-electron chi connectivity index (χ0n) is 10.7. The lowest BCUT2D eigenvalue weighted by molar-refractivity contribution is 0.628. The van der Waals surface area contributed by atoms with Crippen molar-refractivity contribution in [3.05, 3.63) is 70.0 Å². The first kappa shape index (κ1) is 14.2. The number of aromatic nitrogens is 2. The molecular formula is C16H9BrClFN2. The van der Waals surface area contributed by atoms with E-state index in [1.54, 1.807) is 18.2 Å². The summed E-state index contributed by atoms with van der Waals surface area (Å²) in [5, 5.41) is 0.349. The molecule has 2 nitrogen and oxygen atoms in total. The Balaban J connectivity index is 2.07. The van der Waals surface area contributed by atoms with Crippen molar-refractivity contribution in [1.29, 1.82) is 0 Å². The number of benzene rings is 2. The van der Waals surface area contributed by atoms with E-state index in [0.717, 1.165) is 21.3 Å². The summed E-state index contributed by atoms with van der Waals surface area (Å²) in [7, 11) is 0. The average Bonchev–Trinajstić information content (AvgIpc) is 2.48. The van der Waals surface area contributed by atoms with Gasteiger partial charge >= 0.3 is 0 Å². The summed E-state index contributed by atoms with van der Waals surface area (Å²) in [5.41, 5.74) is 2.38. The smallest absolute Gasteiger partial charge is 0.161 e. The highest BCUT2D eigenvalue weighted by Gasteiger charge is 2.08. The summed E-state index contributed by atoms with van der Waals surface area (Å²) in [4.78, 5) is 8.70. The van der Waals surface area contributed by atoms with Gasteiger partial charge in [0.25, 0.3) is 0 Å². The van der Waals surface area contributed by atoms with E-state index in [4.69, 9.17) is 11.6 Å². The second-order valence-electron chi connectivity index (χ2n) is 4.41. The van der Waals surface area contributed by atoms with Crippen LogP contribution in [0.2, 0.25) is 5.15 Å². The molecule has 0 aliphatic heterocycles. The lowest BCUT2D eigenvalue weighted by Gasteiger charge is -2.06. The Morgan fingerprint density at radius 1 is 0.857 bits per heavy atom. The number of rotatable bonds is 2. The molecule has 2 aromatic carbocycles. The molecule has 0 saturated carbocycles. The molecule has 0 aliphatic rings. The summed E-state index contributed by atoms with van der Waals surface area (Å²) in [5.74, 6) is 0.175. The fourth-order valence-electron chi connectivity index (χ4n) is 1.91. The fraction of sp³-hybridized carbons (Fsp3) is 0. The van der Waals surface area contributed by atoms with Crippen molar-refractivity contribution in [2.45, 2.75) is 0 Å². The van der Waals surface area contributed by atoms with Crippen LogP contribution in [0.5, 0.6) is 0 Å². The normalized spacial score (nSPS) is 10.6. The largest absolute Gasteiger partial charge is 0.228 e. The zero-order chi connectivity index (χ0) is 14.8. The van der Waals surface area contributed by atoms with Gasteiger partial charge < -0.3 is 0 Å². The van der Waals surface area contributed by atoms with Crippen LogP contribution in [-0.4, -0.2) is 9.97 Å². The van der Waals surface area contributed by atoms with Crippen molar-refractivity contribution < 1.29 is 4.39 Å². The third kappa shape index (κ3) is 3.28. The second kappa shape index (κ2) is 5.92. The van der Waals surface area contributed by atoms with Crippen LogP contribution in [0.1, 0.15) is 0 Å². The molecule has 0 atom stereocenters. The van der Waals surface area contributed by atoms with Gasteiger partial charge in [0, 0.05) is 21.7 Å². The first-order chi connectivity index (χ1) is 10.1. The van der Waals surface area contributed by atoms with Gasteiger partial charge in [-0.2, -0.15) is 0 Å². The number of hydrogen-bond acceptors (Lipinski definition) is 2. The lowest BCUT2D eigenvalue weighted by atomic mass is 10.1. The van der Waals surface area contributed by atoms with Crippen molar-refractivity contribution in [3.8, 4) is 22.6 Å². The molecule has 104 valence electrons. The number of halogens is 3. The van der Waals surface area contributed by atoms with Crippen LogP contribution in [-0.2, 0) is 0 Å². The van der Waals surface area contributed by atoms with Gasteiger partial charge in [-0.05, 0) is 36.4 Å².